The van der Waals surface area contributed by atoms with E-state index in [4.69, 9.17) is 0 Å². The zero-order valence-corrected chi connectivity index (χ0v) is 12.6. The van der Waals surface area contributed by atoms with Gasteiger partial charge in [-0.05, 0) is 38.2 Å². The fourth-order valence-corrected chi connectivity index (χ4v) is 2.22. The predicted octanol–water partition coefficient (Wildman–Crippen LogP) is 3.69. The standard InChI is InChI=1S/C15H22BrNO/c1-13(17-15(18)9-5-6-12-16)10-11-14-7-3-2-4-8-14/h2-4,7-8,13H,5-6,9-12H2,1H3,(H,17,18). The molecule has 1 aromatic carbocycles. The zero-order valence-electron chi connectivity index (χ0n) is 11.0. The average Bonchev–Trinajstić information content (AvgIpc) is 2.38. The van der Waals surface area contributed by atoms with E-state index in [0.717, 1.165) is 31.0 Å². The maximum absolute atomic E-state index is 11.6. The maximum Gasteiger partial charge on any atom is 0.220 e. The minimum Gasteiger partial charge on any atom is -0.354 e. The Morgan fingerprint density at radius 1 is 1.28 bits per heavy atom. The molecule has 1 amide bonds. The largest absolute Gasteiger partial charge is 0.354 e. The summed E-state index contributed by atoms with van der Waals surface area (Å²) in [6, 6.07) is 10.6. The Morgan fingerprint density at radius 2 is 2.00 bits per heavy atom. The Hall–Kier alpha value is -0.830. The quantitative estimate of drug-likeness (QED) is 0.576. The molecule has 1 atom stereocenters. The van der Waals surface area contributed by atoms with Gasteiger partial charge in [0.25, 0.3) is 0 Å². The van der Waals surface area contributed by atoms with Gasteiger partial charge in [0, 0.05) is 17.8 Å². The van der Waals surface area contributed by atoms with Crippen LogP contribution in [0.5, 0.6) is 0 Å². The number of unbranched alkanes of at least 4 members (excludes halogenated alkanes) is 1. The second-order valence-corrected chi connectivity index (χ2v) is 5.43. The van der Waals surface area contributed by atoms with E-state index < -0.39 is 0 Å². The van der Waals surface area contributed by atoms with Crippen molar-refractivity contribution in [1.82, 2.24) is 5.32 Å². The van der Waals surface area contributed by atoms with Crippen LogP contribution < -0.4 is 5.32 Å². The lowest BCUT2D eigenvalue weighted by Gasteiger charge is -2.13. The number of halogens is 1. The van der Waals surface area contributed by atoms with Gasteiger partial charge in [-0.15, -0.1) is 0 Å². The molecule has 1 unspecified atom stereocenters. The van der Waals surface area contributed by atoms with E-state index in [0.29, 0.717) is 6.42 Å². The molecule has 0 heterocycles. The summed E-state index contributed by atoms with van der Waals surface area (Å²) in [5.74, 6) is 0.177. The Bertz CT molecular complexity index is 340. The number of hydrogen-bond acceptors (Lipinski definition) is 1. The van der Waals surface area contributed by atoms with Crippen LogP contribution in [0.4, 0.5) is 0 Å². The third-order valence-corrected chi connectivity index (χ3v) is 3.46. The summed E-state index contributed by atoms with van der Waals surface area (Å²) in [6.07, 6.45) is 4.67. The fraction of sp³-hybridized carbons (Fsp3) is 0.533. The Labute approximate surface area is 118 Å². The van der Waals surface area contributed by atoms with Crippen molar-refractivity contribution in [1.29, 1.82) is 0 Å². The van der Waals surface area contributed by atoms with Crippen molar-refractivity contribution < 1.29 is 4.79 Å². The molecular weight excluding hydrogens is 290 g/mol. The van der Waals surface area contributed by atoms with Gasteiger partial charge in [-0.3, -0.25) is 4.79 Å². The minimum atomic E-state index is 0.177. The highest BCUT2D eigenvalue weighted by atomic mass is 79.9. The molecule has 1 N–H and O–H groups in total. The lowest BCUT2D eigenvalue weighted by Crippen LogP contribution is -2.32. The highest BCUT2D eigenvalue weighted by Gasteiger charge is 2.06. The molecule has 0 aromatic heterocycles. The monoisotopic (exact) mass is 311 g/mol. The third kappa shape index (κ3) is 6.80. The second-order valence-electron chi connectivity index (χ2n) is 4.64. The van der Waals surface area contributed by atoms with Crippen molar-refractivity contribution in [2.24, 2.45) is 0 Å². The molecule has 0 aliphatic rings. The molecule has 0 saturated heterocycles. The summed E-state index contributed by atoms with van der Waals surface area (Å²) in [5.41, 5.74) is 1.33. The predicted molar refractivity (Wildman–Crippen MR) is 80.0 cm³/mol. The van der Waals surface area contributed by atoms with Crippen molar-refractivity contribution in [3.63, 3.8) is 0 Å². The first kappa shape index (κ1) is 15.2. The molecule has 0 spiro atoms. The topological polar surface area (TPSA) is 29.1 Å². The van der Waals surface area contributed by atoms with Gasteiger partial charge in [0.05, 0.1) is 0 Å². The van der Waals surface area contributed by atoms with Crippen LogP contribution in [-0.4, -0.2) is 17.3 Å². The molecule has 0 saturated carbocycles. The molecule has 3 heteroatoms. The average molecular weight is 312 g/mol. The molecule has 1 rings (SSSR count). The molecule has 18 heavy (non-hydrogen) atoms. The number of amides is 1. The van der Waals surface area contributed by atoms with E-state index in [1.54, 1.807) is 0 Å². The first-order chi connectivity index (χ1) is 8.72. The van der Waals surface area contributed by atoms with Crippen molar-refractivity contribution in [2.45, 2.75) is 45.1 Å². The Balaban J connectivity index is 2.17. The van der Waals surface area contributed by atoms with Gasteiger partial charge in [-0.1, -0.05) is 46.3 Å². The zero-order chi connectivity index (χ0) is 13.2. The van der Waals surface area contributed by atoms with Gasteiger partial charge in [0.2, 0.25) is 5.91 Å². The van der Waals surface area contributed by atoms with Crippen molar-refractivity contribution >= 4 is 21.8 Å². The number of carbonyl (C=O) groups is 1. The van der Waals surface area contributed by atoms with Gasteiger partial charge in [0.1, 0.15) is 0 Å². The van der Waals surface area contributed by atoms with Crippen LogP contribution in [-0.2, 0) is 11.2 Å². The van der Waals surface area contributed by atoms with E-state index in [9.17, 15) is 4.79 Å². The van der Waals surface area contributed by atoms with Gasteiger partial charge in [0.15, 0.2) is 0 Å². The summed E-state index contributed by atoms with van der Waals surface area (Å²) in [6.45, 7) is 2.07. The first-order valence-electron chi connectivity index (χ1n) is 6.61. The molecule has 0 fully saturated rings. The van der Waals surface area contributed by atoms with Crippen LogP contribution >= 0.6 is 15.9 Å². The van der Waals surface area contributed by atoms with Crippen LogP contribution in [0.3, 0.4) is 0 Å². The highest BCUT2D eigenvalue weighted by molar-refractivity contribution is 9.09. The lowest BCUT2D eigenvalue weighted by molar-refractivity contribution is -0.121. The summed E-state index contributed by atoms with van der Waals surface area (Å²) < 4.78 is 0. The molecule has 0 bridgehead atoms. The first-order valence-corrected chi connectivity index (χ1v) is 7.73. The number of hydrogen-bond donors (Lipinski definition) is 1. The second kappa shape index (κ2) is 9.15. The van der Waals surface area contributed by atoms with Crippen LogP contribution in [0, 0.1) is 0 Å². The summed E-state index contributed by atoms with van der Waals surface area (Å²) in [4.78, 5) is 11.6. The molecule has 0 aliphatic heterocycles. The number of alkyl halides is 1. The smallest absolute Gasteiger partial charge is 0.220 e. The molecule has 0 radical (unpaired) electrons. The maximum atomic E-state index is 11.6. The van der Waals surface area contributed by atoms with Crippen LogP contribution in [0.2, 0.25) is 0 Å². The van der Waals surface area contributed by atoms with Gasteiger partial charge in [-0.2, -0.15) is 0 Å². The third-order valence-electron chi connectivity index (χ3n) is 2.90. The molecule has 0 aliphatic carbocycles. The summed E-state index contributed by atoms with van der Waals surface area (Å²) >= 11 is 3.37. The summed E-state index contributed by atoms with van der Waals surface area (Å²) in [5, 5.41) is 4.03. The Kier molecular flexibility index (Phi) is 7.74. The van der Waals surface area contributed by atoms with Gasteiger partial charge in [-0.25, -0.2) is 0 Å². The number of rotatable bonds is 8. The number of benzene rings is 1. The molecular formula is C15H22BrNO. The number of nitrogens with one attached hydrogen (secondary N) is 1. The van der Waals surface area contributed by atoms with Gasteiger partial charge >= 0.3 is 0 Å². The lowest BCUT2D eigenvalue weighted by atomic mass is 10.1. The SMILES string of the molecule is CC(CCc1ccccc1)NC(=O)CCCCBr. The molecule has 100 valence electrons. The van der Waals surface area contributed by atoms with Crippen molar-refractivity contribution in [3.8, 4) is 0 Å². The van der Waals surface area contributed by atoms with Crippen LogP contribution in [0.1, 0.15) is 38.2 Å². The molecule has 2 nitrogen and oxygen atoms in total. The van der Waals surface area contributed by atoms with E-state index >= 15 is 0 Å². The van der Waals surface area contributed by atoms with E-state index in [1.807, 2.05) is 6.07 Å². The van der Waals surface area contributed by atoms with Crippen molar-refractivity contribution in [3.05, 3.63) is 35.9 Å². The van der Waals surface area contributed by atoms with Crippen molar-refractivity contribution in [2.75, 3.05) is 5.33 Å². The molecule has 1 aromatic rings. The Morgan fingerprint density at radius 3 is 2.67 bits per heavy atom. The minimum absolute atomic E-state index is 0.177. The van der Waals surface area contributed by atoms with Gasteiger partial charge < -0.3 is 5.32 Å². The van der Waals surface area contributed by atoms with Crippen LogP contribution in [0.25, 0.3) is 0 Å². The highest BCUT2D eigenvalue weighted by Crippen LogP contribution is 2.05. The number of carbonyl (C=O) groups excluding carboxylic acids is 1. The number of aryl methyl sites for hydroxylation is 1. The fourth-order valence-electron chi connectivity index (χ4n) is 1.83. The summed E-state index contributed by atoms with van der Waals surface area (Å²) in [7, 11) is 0. The van der Waals surface area contributed by atoms with E-state index in [1.165, 1.54) is 5.56 Å². The van der Waals surface area contributed by atoms with E-state index in [2.05, 4.69) is 52.4 Å². The van der Waals surface area contributed by atoms with E-state index in [-0.39, 0.29) is 11.9 Å². The normalized spacial score (nSPS) is 12.1. The van der Waals surface area contributed by atoms with Crippen LogP contribution in [0.15, 0.2) is 30.3 Å².